The Labute approximate surface area is 101 Å². The fraction of sp³-hybridized carbons (Fsp3) is 0.273. The number of nitrogens with zero attached hydrogens (tertiary/aromatic N) is 3. The Morgan fingerprint density at radius 2 is 1.53 bits per heavy atom. The second-order valence-electron chi connectivity index (χ2n) is 3.83. The van der Waals surface area contributed by atoms with Gasteiger partial charge in [0.1, 0.15) is 0 Å². The van der Waals surface area contributed by atoms with Gasteiger partial charge in [-0.3, -0.25) is 5.41 Å². The van der Waals surface area contributed by atoms with Crippen molar-refractivity contribution in [2.45, 2.75) is 0 Å². The van der Waals surface area contributed by atoms with Crippen molar-refractivity contribution in [3.63, 3.8) is 0 Å². The van der Waals surface area contributed by atoms with Crippen LogP contribution in [0.2, 0.25) is 0 Å². The van der Waals surface area contributed by atoms with Crippen molar-refractivity contribution in [2.24, 2.45) is 16.5 Å². The second kappa shape index (κ2) is 5.20. The molecule has 0 fully saturated rings. The summed E-state index contributed by atoms with van der Waals surface area (Å²) in [7, 11) is 5.68. The number of aliphatic imine (C=N–C) groups is 1. The molecule has 6 heteroatoms. The molecule has 0 radical (unpaired) electrons. The first kappa shape index (κ1) is 12.8. The van der Waals surface area contributed by atoms with Gasteiger partial charge in [0.15, 0.2) is 5.96 Å². The minimum Gasteiger partial charge on any atom is -0.378 e. The van der Waals surface area contributed by atoms with Crippen LogP contribution in [0.5, 0.6) is 0 Å². The molecule has 17 heavy (non-hydrogen) atoms. The number of anilines is 2. The van der Waals surface area contributed by atoms with Crippen LogP contribution in [-0.2, 0) is 0 Å². The van der Waals surface area contributed by atoms with Crippen molar-refractivity contribution in [1.82, 2.24) is 0 Å². The molecule has 1 rings (SSSR count). The lowest BCUT2D eigenvalue weighted by Crippen LogP contribution is -2.30. The highest BCUT2D eigenvalue weighted by Crippen LogP contribution is 2.18. The summed E-state index contributed by atoms with van der Waals surface area (Å²) in [5.41, 5.74) is 12.4. The molecule has 1 aromatic rings. The highest BCUT2D eigenvalue weighted by Gasteiger charge is 2.06. The molecule has 0 aliphatic heterocycles. The summed E-state index contributed by atoms with van der Waals surface area (Å²) in [6.07, 6.45) is 0. The molecule has 0 aliphatic carbocycles. The Hall–Kier alpha value is -2.24. The molecule has 6 nitrogen and oxygen atoms in total. The number of nitrogens with one attached hydrogen (secondary N) is 1. The fourth-order valence-electron chi connectivity index (χ4n) is 1.29. The predicted molar refractivity (Wildman–Crippen MR) is 72.7 cm³/mol. The highest BCUT2D eigenvalue weighted by molar-refractivity contribution is 6.00. The minimum atomic E-state index is -0.119. The number of rotatable bonds is 2. The van der Waals surface area contributed by atoms with Crippen LogP contribution >= 0.6 is 0 Å². The first-order valence-electron chi connectivity index (χ1n) is 5.11. The first-order valence-corrected chi connectivity index (χ1v) is 5.11. The molecular weight excluding hydrogens is 216 g/mol. The average molecular weight is 234 g/mol. The van der Waals surface area contributed by atoms with E-state index in [-0.39, 0.29) is 11.9 Å². The third-order valence-electron chi connectivity index (χ3n) is 2.31. The van der Waals surface area contributed by atoms with Gasteiger partial charge >= 0.3 is 0 Å². The largest absolute Gasteiger partial charge is 0.378 e. The average Bonchev–Trinajstić information content (AvgIpc) is 2.27. The number of guanidine groups is 2. The third kappa shape index (κ3) is 3.37. The fourth-order valence-corrected chi connectivity index (χ4v) is 1.29. The maximum absolute atomic E-state index is 7.67. The topological polar surface area (TPSA) is 94.7 Å². The number of hydrogen-bond donors (Lipinski definition) is 3. The van der Waals surface area contributed by atoms with E-state index in [0.717, 1.165) is 11.4 Å². The quantitative estimate of drug-likeness (QED) is 0.510. The van der Waals surface area contributed by atoms with E-state index in [2.05, 4.69) is 4.99 Å². The maximum Gasteiger partial charge on any atom is 0.225 e. The second-order valence-corrected chi connectivity index (χ2v) is 3.83. The first-order chi connectivity index (χ1) is 7.91. The summed E-state index contributed by atoms with van der Waals surface area (Å²) in [5, 5.41) is 7.67. The zero-order valence-electron chi connectivity index (χ0n) is 10.3. The Morgan fingerprint density at radius 1 is 1.06 bits per heavy atom. The van der Waals surface area contributed by atoms with Crippen LogP contribution in [0.15, 0.2) is 29.3 Å². The summed E-state index contributed by atoms with van der Waals surface area (Å²) >= 11 is 0. The summed E-state index contributed by atoms with van der Waals surface area (Å²) in [6.45, 7) is 0. The van der Waals surface area contributed by atoms with Crippen molar-refractivity contribution in [3.05, 3.63) is 24.3 Å². The van der Waals surface area contributed by atoms with E-state index in [4.69, 9.17) is 16.9 Å². The predicted octanol–water partition coefficient (Wildman–Crippen LogP) is 0.397. The molecule has 0 amide bonds. The van der Waals surface area contributed by atoms with Gasteiger partial charge in [0.05, 0.1) is 0 Å². The van der Waals surface area contributed by atoms with Crippen molar-refractivity contribution < 1.29 is 0 Å². The molecule has 0 saturated carbocycles. The Balaban J connectivity index is 2.86. The molecule has 0 spiro atoms. The van der Waals surface area contributed by atoms with Gasteiger partial charge in [-0.15, -0.1) is 0 Å². The summed E-state index contributed by atoms with van der Waals surface area (Å²) in [4.78, 5) is 7.28. The van der Waals surface area contributed by atoms with Gasteiger partial charge in [0.2, 0.25) is 5.96 Å². The normalized spacial score (nSPS) is 9.59. The molecule has 0 unspecified atom stereocenters. The van der Waals surface area contributed by atoms with Crippen LogP contribution < -0.4 is 21.3 Å². The molecule has 0 aromatic heterocycles. The summed E-state index contributed by atoms with van der Waals surface area (Å²) in [6, 6.07) is 7.75. The lowest BCUT2D eigenvalue weighted by Gasteiger charge is -2.19. The van der Waals surface area contributed by atoms with Gasteiger partial charge in [-0.05, 0) is 24.3 Å². The van der Waals surface area contributed by atoms with Crippen LogP contribution in [0.1, 0.15) is 0 Å². The molecule has 0 heterocycles. The Bertz CT molecular complexity index is 416. The summed E-state index contributed by atoms with van der Waals surface area (Å²) < 4.78 is 0. The molecule has 92 valence electrons. The maximum atomic E-state index is 7.67. The molecule has 0 bridgehead atoms. The lowest BCUT2D eigenvalue weighted by atomic mass is 10.2. The van der Waals surface area contributed by atoms with E-state index in [1.54, 1.807) is 11.9 Å². The van der Waals surface area contributed by atoms with Gasteiger partial charge < -0.3 is 21.3 Å². The summed E-state index contributed by atoms with van der Waals surface area (Å²) in [5.74, 6) is -0.116. The molecule has 5 N–H and O–H groups in total. The van der Waals surface area contributed by atoms with E-state index in [1.165, 1.54) is 0 Å². The smallest absolute Gasteiger partial charge is 0.225 e. The Morgan fingerprint density at radius 3 is 1.94 bits per heavy atom. The van der Waals surface area contributed by atoms with E-state index in [0.29, 0.717) is 0 Å². The molecule has 0 atom stereocenters. The van der Waals surface area contributed by atoms with Crippen molar-refractivity contribution in [1.29, 1.82) is 5.41 Å². The Kier molecular flexibility index (Phi) is 3.92. The van der Waals surface area contributed by atoms with E-state index in [1.807, 2.05) is 43.3 Å². The van der Waals surface area contributed by atoms with Crippen LogP contribution in [0.4, 0.5) is 11.4 Å². The number of nitrogens with two attached hydrogens (primary N) is 2. The third-order valence-corrected chi connectivity index (χ3v) is 2.31. The minimum absolute atomic E-state index is 0.00241. The lowest BCUT2D eigenvalue weighted by molar-refractivity contribution is 1.13. The van der Waals surface area contributed by atoms with Gasteiger partial charge in [-0.25, -0.2) is 0 Å². The number of hydrogen-bond acceptors (Lipinski definition) is 2. The van der Waals surface area contributed by atoms with Gasteiger partial charge in [-0.2, -0.15) is 4.99 Å². The van der Waals surface area contributed by atoms with Crippen molar-refractivity contribution in [3.8, 4) is 0 Å². The zero-order chi connectivity index (χ0) is 13.0. The van der Waals surface area contributed by atoms with Crippen molar-refractivity contribution in [2.75, 3.05) is 30.9 Å². The highest BCUT2D eigenvalue weighted by atomic mass is 15.3. The molecule has 0 aliphatic rings. The van der Waals surface area contributed by atoms with Crippen LogP contribution in [0.25, 0.3) is 0 Å². The van der Waals surface area contributed by atoms with Crippen LogP contribution in [0, 0.1) is 5.41 Å². The molecule has 0 saturated heterocycles. The van der Waals surface area contributed by atoms with Gasteiger partial charge in [-0.1, -0.05) is 0 Å². The van der Waals surface area contributed by atoms with Crippen molar-refractivity contribution >= 4 is 23.3 Å². The number of benzene rings is 1. The SMILES string of the molecule is CN(C)c1ccc(N(C)C(=N)N=C(N)N)cc1. The van der Waals surface area contributed by atoms with E-state index >= 15 is 0 Å². The van der Waals surface area contributed by atoms with Gasteiger partial charge in [0.25, 0.3) is 0 Å². The zero-order valence-corrected chi connectivity index (χ0v) is 10.3. The standard InChI is InChI=1S/C11H18N6/c1-16(2)8-4-6-9(7-5-8)17(3)11(14)15-10(12)13/h4-7H,1-3H3,(H5,12,13,14,15). The van der Waals surface area contributed by atoms with Gasteiger partial charge in [0, 0.05) is 32.5 Å². The van der Waals surface area contributed by atoms with E-state index < -0.39 is 0 Å². The van der Waals surface area contributed by atoms with Crippen LogP contribution in [-0.4, -0.2) is 33.1 Å². The molecule has 1 aromatic carbocycles. The van der Waals surface area contributed by atoms with Crippen LogP contribution in [0.3, 0.4) is 0 Å². The molecular formula is C11H18N6. The van der Waals surface area contributed by atoms with E-state index in [9.17, 15) is 0 Å². The monoisotopic (exact) mass is 234 g/mol.